The topological polar surface area (TPSA) is 70.4 Å². The van der Waals surface area contributed by atoms with Gasteiger partial charge in [0.1, 0.15) is 0 Å². The highest BCUT2D eigenvalue weighted by atomic mass is 16.3. The average molecular weight is 314 g/mol. The number of nitrogens with one attached hydrogen (secondary N) is 1. The minimum Gasteiger partial charge on any atom is -0.396 e. The molecule has 23 heavy (non-hydrogen) atoms. The van der Waals surface area contributed by atoms with Gasteiger partial charge in [-0.3, -0.25) is 0 Å². The molecular formula is C17H22N4O2. The quantitative estimate of drug-likeness (QED) is 0.906. The summed E-state index contributed by atoms with van der Waals surface area (Å²) in [6.45, 7) is 3.46. The van der Waals surface area contributed by atoms with Crippen LogP contribution < -0.4 is 5.32 Å². The van der Waals surface area contributed by atoms with Gasteiger partial charge in [0.2, 0.25) is 0 Å². The number of aliphatic hydroxyl groups excluding tert-OH is 1. The minimum absolute atomic E-state index is 0.0681. The van der Waals surface area contributed by atoms with E-state index in [1.54, 1.807) is 17.4 Å². The van der Waals surface area contributed by atoms with E-state index in [2.05, 4.69) is 10.3 Å². The summed E-state index contributed by atoms with van der Waals surface area (Å²) < 4.78 is 1.93. The van der Waals surface area contributed by atoms with Crippen molar-refractivity contribution in [1.29, 1.82) is 0 Å². The van der Waals surface area contributed by atoms with Gasteiger partial charge in [-0.2, -0.15) is 0 Å². The van der Waals surface area contributed by atoms with Crippen molar-refractivity contribution in [2.24, 2.45) is 5.92 Å². The van der Waals surface area contributed by atoms with Gasteiger partial charge in [-0.15, -0.1) is 0 Å². The molecule has 2 aromatic rings. The molecule has 0 aliphatic carbocycles. The Labute approximate surface area is 135 Å². The fourth-order valence-electron chi connectivity index (χ4n) is 2.89. The molecule has 6 nitrogen and oxygen atoms in total. The van der Waals surface area contributed by atoms with Gasteiger partial charge < -0.3 is 19.9 Å². The molecular weight excluding hydrogens is 292 g/mol. The second-order valence-electron chi connectivity index (χ2n) is 6.02. The monoisotopic (exact) mass is 314 g/mol. The van der Waals surface area contributed by atoms with E-state index in [1.165, 1.54) is 0 Å². The van der Waals surface area contributed by atoms with Crippen LogP contribution in [0.2, 0.25) is 0 Å². The molecule has 0 bridgehead atoms. The van der Waals surface area contributed by atoms with Crippen molar-refractivity contribution in [1.82, 2.24) is 19.8 Å². The van der Waals surface area contributed by atoms with Crippen LogP contribution in [-0.2, 0) is 0 Å². The summed E-state index contributed by atoms with van der Waals surface area (Å²) in [4.78, 5) is 18.2. The molecule has 1 aliphatic rings. The fraction of sp³-hybridized carbons (Fsp3) is 0.412. The number of carbonyl (C=O) groups excluding carboxylic acids is 1. The summed E-state index contributed by atoms with van der Waals surface area (Å²) >= 11 is 0. The number of urea groups is 1. The number of rotatable bonds is 4. The lowest BCUT2D eigenvalue weighted by atomic mass is 10.1. The molecule has 1 aromatic carbocycles. The highest BCUT2D eigenvalue weighted by Crippen LogP contribution is 2.19. The third kappa shape index (κ3) is 3.53. The van der Waals surface area contributed by atoms with Crippen LogP contribution >= 0.6 is 0 Å². The fourth-order valence-corrected chi connectivity index (χ4v) is 2.89. The number of aromatic nitrogens is 2. The van der Waals surface area contributed by atoms with Crippen LogP contribution in [0.4, 0.5) is 4.79 Å². The van der Waals surface area contributed by atoms with Crippen molar-refractivity contribution in [3.63, 3.8) is 0 Å². The molecule has 2 amide bonds. The molecule has 3 rings (SSSR count). The van der Waals surface area contributed by atoms with Gasteiger partial charge in [0.05, 0.1) is 12.4 Å². The standard InChI is InChI=1S/C17H22N4O2/c1-13(19-17(23)20-7-5-14(10-20)11-22)15-3-2-4-16(9-15)21-8-6-18-12-21/h2-4,6,8-9,12-14,22H,5,7,10-11H2,1H3,(H,19,23). The Bertz CT molecular complexity index is 656. The Hall–Kier alpha value is -2.34. The molecule has 2 N–H and O–H groups in total. The summed E-state index contributed by atoms with van der Waals surface area (Å²) in [7, 11) is 0. The van der Waals surface area contributed by atoms with Crippen molar-refractivity contribution in [2.75, 3.05) is 19.7 Å². The summed E-state index contributed by atoms with van der Waals surface area (Å²) in [6, 6.07) is 7.89. The van der Waals surface area contributed by atoms with E-state index in [0.717, 1.165) is 17.7 Å². The average Bonchev–Trinajstić information content (AvgIpc) is 3.26. The van der Waals surface area contributed by atoms with Gasteiger partial charge in [-0.1, -0.05) is 12.1 Å². The van der Waals surface area contributed by atoms with E-state index in [1.807, 2.05) is 42.0 Å². The zero-order valence-corrected chi connectivity index (χ0v) is 13.2. The summed E-state index contributed by atoms with van der Waals surface area (Å²) in [5.74, 6) is 0.209. The van der Waals surface area contributed by atoms with Crippen LogP contribution in [-0.4, -0.2) is 45.3 Å². The third-order valence-corrected chi connectivity index (χ3v) is 4.34. The molecule has 0 spiro atoms. The highest BCUT2D eigenvalue weighted by molar-refractivity contribution is 5.75. The van der Waals surface area contributed by atoms with Crippen molar-refractivity contribution >= 4 is 6.03 Å². The lowest BCUT2D eigenvalue weighted by molar-refractivity contribution is 0.195. The van der Waals surface area contributed by atoms with Gasteiger partial charge >= 0.3 is 6.03 Å². The second-order valence-corrected chi connectivity index (χ2v) is 6.02. The zero-order chi connectivity index (χ0) is 16.2. The molecule has 6 heteroatoms. The maximum Gasteiger partial charge on any atom is 0.317 e. The number of imidazole rings is 1. The smallest absolute Gasteiger partial charge is 0.317 e. The van der Waals surface area contributed by atoms with Crippen LogP contribution in [0.5, 0.6) is 0 Å². The van der Waals surface area contributed by atoms with E-state index in [9.17, 15) is 9.90 Å². The Morgan fingerprint density at radius 1 is 1.52 bits per heavy atom. The number of amides is 2. The van der Waals surface area contributed by atoms with Crippen molar-refractivity contribution in [3.05, 3.63) is 48.5 Å². The predicted octanol–water partition coefficient (Wildman–Crippen LogP) is 1.96. The molecule has 1 aliphatic heterocycles. The van der Waals surface area contributed by atoms with Gasteiger partial charge in [0.25, 0.3) is 0 Å². The molecule has 2 heterocycles. The van der Waals surface area contributed by atoms with Gasteiger partial charge in [-0.25, -0.2) is 9.78 Å². The highest BCUT2D eigenvalue weighted by Gasteiger charge is 2.26. The Morgan fingerprint density at radius 2 is 2.39 bits per heavy atom. The number of aliphatic hydroxyl groups is 1. The molecule has 0 saturated carbocycles. The predicted molar refractivity (Wildman–Crippen MR) is 87.3 cm³/mol. The molecule has 0 radical (unpaired) electrons. The number of benzene rings is 1. The number of carbonyl (C=O) groups is 1. The second kappa shape index (κ2) is 6.83. The summed E-state index contributed by atoms with van der Waals surface area (Å²) in [5.41, 5.74) is 2.06. The van der Waals surface area contributed by atoms with E-state index >= 15 is 0 Å². The van der Waals surface area contributed by atoms with Crippen LogP contribution in [0, 0.1) is 5.92 Å². The number of hydrogen-bond donors (Lipinski definition) is 2. The lowest BCUT2D eigenvalue weighted by Gasteiger charge is -2.21. The Morgan fingerprint density at radius 3 is 3.09 bits per heavy atom. The molecule has 2 atom stereocenters. The molecule has 1 aromatic heterocycles. The third-order valence-electron chi connectivity index (χ3n) is 4.34. The molecule has 2 unspecified atom stereocenters. The normalized spacial score (nSPS) is 18.9. The maximum absolute atomic E-state index is 12.3. The molecule has 122 valence electrons. The molecule has 1 fully saturated rings. The number of hydrogen-bond acceptors (Lipinski definition) is 3. The van der Waals surface area contributed by atoms with E-state index in [0.29, 0.717) is 13.1 Å². The first-order chi connectivity index (χ1) is 11.2. The first kappa shape index (κ1) is 15.6. The van der Waals surface area contributed by atoms with Crippen molar-refractivity contribution in [3.8, 4) is 5.69 Å². The lowest BCUT2D eigenvalue weighted by Crippen LogP contribution is -2.39. The van der Waals surface area contributed by atoms with Crippen LogP contribution in [0.3, 0.4) is 0 Å². The van der Waals surface area contributed by atoms with Crippen LogP contribution in [0.15, 0.2) is 43.0 Å². The maximum atomic E-state index is 12.3. The first-order valence-corrected chi connectivity index (χ1v) is 7.92. The summed E-state index contributed by atoms with van der Waals surface area (Å²) in [5, 5.41) is 12.2. The van der Waals surface area contributed by atoms with Crippen molar-refractivity contribution in [2.45, 2.75) is 19.4 Å². The number of nitrogens with zero attached hydrogens (tertiary/aromatic N) is 3. The van der Waals surface area contributed by atoms with Gasteiger partial charge in [0, 0.05) is 43.7 Å². The largest absolute Gasteiger partial charge is 0.396 e. The SMILES string of the molecule is CC(NC(=O)N1CCC(CO)C1)c1cccc(-n2ccnc2)c1. The Kier molecular flexibility index (Phi) is 4.62. The minimum atomic E-state index is -0.0841. The van der Waals surface area contributed by atoms with E-state index < -0.39 is 0 Å². The van der Waals surface area contributed by atoms with Gasteiger partial charge in [0.15, 0.2) is 0 Å². The zero-order valence-electron chi connectivity index (χ0n) is 13.2. The first-order valence-electron chi connectivity index (χ1n) is 7.92. The Balaban J connectivity index is 1.65. The summed E-state index contributed by atoms with van der Waals surface area (Å²) in [6.07, 6.45) is 6.25. The van der Waals surface area contributed by atoms with E-state index in [-0.39, 0.29) is 24.6 Å². The van der Waals surface area contributed by atoms with E-state index in [4.69, 9.17) is 0 Å². The van der Waals surface area contributed by atoms with Gasteiger partial charge in [-0.05, 0) is 31.0 Å². The van der Waals surface area contributed by atoms with Crippen LogP contribution in [0.1, 0.15) is 24.9 Å². The molecule has 1 saturated heterocycles. The number of likely N-dealkylation sites (tertiary alicyclic amines) is 1. The van der Waals surface area contributed by atoms with Crippen LogP contribution in [0.25, 0.3) is 5.69 Å². The van der Waals surface area contributed by atoms with Crippen molar-refractivity contribution < 1.29 is 9.90 Å².